The molecule has 1 saturated heterocycles. The standard InChI is InChI=1S/C18H21N5O2S/c1-12-4-3-7-19-17(12)25-14-5-8-22(9-6-14)11-15-21-23-16(24)10-13(2)20-18(23)26-15/h3-4,7,10,14H,5-6,8-9,11H2,1-2H3. The highest BCUT2D eigenvalue weighted by Crippen LogP contribution is 2.22. The largest absolute Gasteiger partial charge is 0.474 e. The fourth-order valence-electron chi connectivity index (χ4n) is 3.15. The second-order valence-corrected chi connectivity index (χ2v) is 7.69. The van der Waals surface area contributed by atoms with Crippen molar-refractivity contribution in [1.29, 1.82) is 0 Å². The lowest BCUT2D eigenvalue weighted by molar-refractivity contribution is 0.0924. The Morgan fingerprint density at radius 2 is 2.12 bits per heavy atom. The van der Waals surface area contributed by atoms with Crippen molar-refractivity contribution in [2.24, 2.45) is 0 Å². The molecule has 0 atom stereocenters. The first-order valence-electron chi connectivity index (χ1n) is 8.75. The molecule has 0 aromatic carbocycles. The summed E-state index contributed by atoms with van der Waals surface area (Å²) in [5.74, 6) is 0.734. The second-order valence-electron chi connectivity index (χ2n) is 6.64. The van der Waals surface area contributed by atoms with Gasteiger partial charge in [0.05, 0.1) is 6.54 Å². The summed E-state index contributed by atoms with van der Waals surface area (Å²) in [6.07, 6.45) is 3.88. The lowest BCUT2D eigenvalue weighted by Gasteiger charge is -2.31. The van der Waals surface area contributed by atoms with E-state index in [9.17, 15) is 4.79 Å². The Morgan fingerprint density at radius 1 is 1.31 bits per heavy atom. The van der Waals surface area contributed by atoms with Gasteiger partial charge in [-0.15, -0.1) is 0 Å². The van der Waals surface area contributed by atoms with Crippen molar-refractivity contribution in [1.82, 2.24) is 24.5 Å². The number of likely N-dealkylation sites (tertiary alicyclic amines) is 1. The van der Waals surface area contributed by atoms with Gasteiger partial charge in [-0.1, -0.05) is 17.4 Å². The molecular formula is C18H21N5O2S. The van der Waals surface area contributed by atoms with Gasteiger partial charge in [0.1, 0.15) is 11.1 Å². The number of rotatable bonds is 4. The zero-order valence-electron chi connectivity index (χ0n) is 14.9. The molecule has 3 aromatic rings. The van der Waals surface area contributed by atoms with Crippen LogP contribution in [0.25, 0.3) is 4.96 Å². The topological polar surface area (TPSA) is 72.6 Å². The summed E-state index contributed by atoms with van der Waals surface area (Å²) in [4.78, 5) is 23.7. The predicted molar refractivity (Wildman–Crippen MR) is 99.8 cm³/mol. The summed E-state index contributed by atoms with van der Waals surface area (Å²) < 4.78 is 7.45. The third-order valence-corrected chi connectivity index (χ3v) is 5.44. The van der Waals surface area contributed by atoms with Gasteiger partial charge in [-0.2, -0.15) is 9.61 Å². The summed E-state index contributed by atoms with van der Waals surface area (Å²) in [5, 5.41) is 5.34. The van der Waals surface area contributed by atoms with Gasteiger partial charge < -0.3 is 4.74 Å². The highest BCUT2D eigenvalue weighted by Gasteiger charge is 2.22. The number of fused-ring (bicyclic) bond motifs is 1. The highest BCUT2D eigenvalue weighted by molar-refractivity contribution is 7.16. The molecule has 0 amide bonds. The van der Waals surface area contributed by atoms with Gasteiger partial charge in [-0.25, -0.2) is 9.97 Å². The molecule has 0 unspecified atom stereocenters. The van der Waals surface area contributed by atoms with Crippen LogP contribution < -0.4 is 10.3 Å². The van der Waals surface area contributed by atoms with Gasteiger partial charge in [0.25, 0.3) is 5.56 Å². The van der Waals surface area contributed by atoms with E-state index in [-0.39, 0.29) is 11.7 Å². The molecule has 26 heavy (non-hydrogen) atoms. The lowest BCUT2D eigenvalue weighted by atomic mass is 10.1. The Bertz CT molecular complexity index is 975. The number of hydrogen-bond donors (Lipinski definition) is 0. The van der Waals surface area contributed by atoms with E-state index in [1.807, 2.05) is 26.0 Å². The quantitative estimate of drug-likeness (QED) is 0.700. The average molecular weight is 371 g/mol. The van der Waals surface area contributed by atoms with Crippen molar-refractivity contribution in [2.45, 2.75) is 39.3 Å². The Morgan fingerprint density at radius 3 is 2.88 bits per heavy atom. The molecule has 8 heteroatoms. The number of pyridine rings is 1. The number of nitrogens with zero attached hydrogens (tertiary/aromatic N) is 5. The van der Waals surface area contributed by atoms with E-state index >= 15 is 0 Å². The van der Waals surface area contributed by atoms with Crippen molar-refractivity contribution in [3.63, 3.8) is 0 Å². The molecule has 0 aliphatic carbocycles. The van der Waals surface area contributed by atoms with Crippen LogP contribution in [0.1, 0.15) is 29.1 Å². The molecule has 1 fully saturated rings. The minimum absolute atomic E-state index is 0.118. The lowest BCUT2D eigenvalue weighted by Crippen LogP contribution is -2.38. The van der Waals surface area contributed by atoms with Crippen LogP contribution in [0.15, 0.2) is 29.2 Å². The smallest absolute Gasteiger partial charge is 0.275 e. The van der Waals surface area contributed by atoms with Crippen LogP contribution in [0, 0.1) is 13.8 Å². The van der Waals surface area contributed by atoms with Crippen LogP contribution >= 0.6 is 11.3 Å². The fourth-order valence-corrected chi connectivity index (χ4v) is 4.14. The second kappa shape index (κ2) is 7.13. The number of piperidine rings is 1. The van der Waals surface area contributed by atoms with Crippen molar-refractivity contribution < 1.29 is 4.74 Å². The van der Waals surface area contributed by atoms with E-state index in [4.69, 9.17) is 4.74 Å². The van der Waals surface area contributed by atoms with Crippen LogP contribution in [0.2, 0.25) is 0 Å². The molecule has 1 aliphatic rings. The van der Waals surface area contributed by atoms with Crippen LogP contribution in [0.5, 0.6) is 5.88 Å². The molecule has 0 radical (unpaired) electrons. The maximum Gasteiger partial charge on any atom is 0.275 e. The van der Waals surface area contributed by atoms with Crippen LogP contribution in [-0.2, 0) is 6.54 Å². The van der Waals surface area contributed by atoms with Crippen LogP contribution in [0.4, 0.5) is 0 Å². The summed E-state index contributed by atoms with van der Waals surface area (Å²) in [6, 6.07) is 5.45. The van der Waals surface area contributed by atoms with E-state index in [1.54, 1.807) is 6.20 Å². The maximum atomic E-state index is 12.0. The third-order valence-electron chi connectivity index (χ3n) is 4.55. The van der Waals surface area contributed by atoms with Crippen molar-refractivity contribution in [2.75, 3.05) is 13.1 Å². The molecule has 0 spiro atoms. The predicted octanol–water partition coefficient (Wildman–Crippen LogP) is 2.21. The van der Waals surface area contributed by atoms with E-state index in [2.05, 4.69) is 20.0 Å². The minimum Gasteiger partial charge on any atom is -0.474 e. The molecule has 3 aromatic heterocycles. The molecule has 136 valence electrons. The van der Waals surface area contributed by atoms with Crippen molar-refractivity contribution in [3.05, 3.63) is 51.0 Å². The Labute approximate surface area is 155 Å². The van der Waals surface area contributed by atoms with Gasteiger partial charge in [0, 0.05) is 36.6 Å². The van der Waals surface area contributed by atoms with Crippen molar-refractivity contribution >= 4 is 16.3 Å². The van der Waals surface area contributed by atoms with Gasteiger partial charge in [-0.05, 0) is 32.8 Å². The molecule has 7 nitrogen and oxygen atoms in total. The summed E-state index contributed by atoms with van der Waals surface area (Å²) in [6.45, 7) is 6.46. The zero-order valence-corrected chi connectivity index (χ0v) is 15.7. The normalized spacial score (nSPS) is 16.2. The van der Waals surface area contributed by atoms with E-state index in [1.165, 1.54) is 21.9 Å². The van der Waals surface area contributed by atoms with E-state index < -0.39 is 0 Å². The molecule has 0 saturated carbocycles. The van der Waals surface area contributed by atoms with Gasteiger partial charge in [0.15, 0.2) is 0 Å². The van der Waals surface area contributed by atoms with Crippen LogP contribution in [0.3, 0.4) is 0 Å². The van der Waals surface area contributed by atoms with Crippen LogP contribution in [-0.4, -0.2) is 43.7 Å². The number of aromatic nitrogens is 4. The number of hydrogen-bond acceptors (Lipinski definition) is 7. The Hall–Kier alpha value is -2.32. The highest BCUT2D eigenvalue weighted by atomic mass is 32.1. The minimum atomic E-state index is -0.118. The Balaban J connectivity index is 1.37. The first kappa shape index (κ1) is 17.1. The van der Waals surface area contributed by atoms with Crippen molar-refractivity contribution in [3.8, 4) is 5.88 Å². The van der Waals surface area contributed by atoms with E-state index in [0.717, 1.165) is 54.6 Å². The zero-order chi connectivity index (χ0) is 18.1. The molecule has 4 rings (SSSR count). The fraction of sp³-hybridized carbons (Fsp3) is 0.444. The first-order chi connectivity index (χ1) is 12.6. The van der Waals surface area contributed by atoms with E-state index in [0.29, 0.717) is 4.96 Å². The monoisotopic (exact) mass is 371 g/mol. The van der Waals surface area contributed by atoms with Gasteiger partial charge in [0.2, 0.25) is 10.8 Å². The summed E-state index contributed by atoms with van der Waals surface area (Å²) in [7, 11) is 0. The molecule has 0 bridgehead atoms. The average Bonchev–Trinajstić information content (AvgIpc) is 3.01. The maximum absolute atomic E-state index is 12.0. The molecule has 0 N–H and O–H groups in total. The molecular weight excluding hydrogens is 350 g/mol. The first-order valence-corrected chi connectivity index (χ1v) is 9.57. The van der Waals surface area contributed by atoms with Gasteiger partial charge in [-0.3, -0.25) is 9.69 Å². The number of ether oxygens (including phenoxy) is 1. The third kappa shape index (κ3) is 3.61. The summed E-state index contributed by atoms with van der Waals surface area (Å²) in [5.41, 5.74) is 1.68. The SMILES string of the molecule is Cc1cc(=O)n2nc(CN3CCC(Oc4ncccc4C)CC3)sc2n1. The molecule has 4 heterocycles. The summed E-state index contributed by atoms with van der Waals surface area (Å²) >= 11 is 1.48. The van der Waals surface area contributed by atoms with Gasteiger partial charge >= 0.3 is 0 Å². The Kier molecular flexibility index (Phi) is 4.69. The molecule has 1 aliphatic heterocycles. The number of aryl methyl sites for hydroxylation is 2.